The second-order valence-corrected chi connectivity index (χ2v) is 7.77. The fourth-order valence-corrected chi connectivity index (χ4v) is 3.94. The van der Waals surface area contributed by atoms with Crippen molar-refractivity contribution < 1.29 is 14.3 Å². The van der Waals surface area contributed by atoms with Gasteiger partial charge in [-0.3, -0.25) is 4.79 Å². The first kappa shape index (κ1) is 21.7. The van der Waals surface area contributed by atoms with Crippen LogP contribution in [0.5, 0.6) is 11.5 Å². The lowest BCUT2D eigenvalue weighted by molar-refractivity contribution is -0.130. The van der Waals surface area contributed by atoms with Crippen LogP contribution in [-0.4, -0.2) is 55.7 Å². The van der Waals surface area contributed by atoms with Crippen LogP contribution in [0.15, 0.2) is 72.9 Å². The molecule has 1 aliphatic heterocycles. The minimum absolute atomic E-state index is 0.104. The molecule has 0 atom stereocenters. The third kappa shape index (κ3) is 5.38. The maximum Gasteiger partial charge on any atom is 0.227 e. The molecule has 6 nitrogen and oxygen atoms in total. The number of rotatable bonds is 8. The monoisotopic (exact) mass is 431 g/mol. The van der Waals surface area contributed by atoms with E-state index in [1.54, 1.807) is 13.3 Å². The first-order valence-corrected chi connectivity index (χ1v) is 11.0. The number of nitrogens with zero attached hydrogens (tertiary/aromatic N) is 3. The van der Waals surface area contributed by atoms with E-state index in [1.807, 2.05) is 59.5 Å². The Labute approximate surface area is 189 Å². The van der Waals surface area contributed by atoms with Crippen molar-refractivity contribution in [1.29, 1.82) is 0 Å². The summed E-state index contributed by atoms with van der Waals surface area (Å²) in [5.74, 6) is 2.38. The molecule has 2 aromatic carbocycles. The summed E-state index contributed by atoms with van der Waals surface area (Å²) in [4.78, 5) is 21.6. The molecule has 0 radical (unpaired) electrons. The fourth-order valence-electron chi connectivity index (χ4n) is 3.94. The van der Waals surface area contributed by atoms with Crippen LogP contribution in [-0.2, 0) is 17.6 Å². The molecule has 0 spiro atoms. The molecule has 0 saturated carbocycles. The Morgan fingerprint density at radius 2 is 1.72 bits per heavy atom. The summed E-state index contributed by atoms with van der Waals surface area (Å²) in [6.45, 7) is 3.45. The summed E-state index contributed by atoms with van der Waals surface area (Å²) in [6.07, 6.45) is 2.89. The molecule has 1 saturated heterocycles. The van der Waals surface area contributed by atoms with Crippen LogP contribution < -0.4 is 14.4 Å². The second-order valence-electron chi connectivity index (χ2n) is 7.77. The van der Waals surface area contributed by atoms with E-state index in [2.05, 4.69) is 22.0 Å². The first-order valence-electron chi connectivity index (χ1n) is 11.0. The quantitative estimate of drug-likeness (QED) is 0.546. The number of anilines is 1. The third-order valence-corrected chi connectivity index (χ3v) is 5.71. The number of ether oxygens (including phenoxy) is 2. The highest BCUT2D eigenvalue weighted by molar-refractivity contribution is 5.80. The van der Waals surface area contributed by atoms with Crippen LogP contribution in [0.3, 0.4) is 0 Å². The van der Waals surface area contributed by atoms with Gasteiger partial charge in [-0.15, -0.1) is 0 Å². The van der Waals surface area contributed by atoms with E-state index < -0.39 is 0 Å². The number of hydrogen-bond donors (Lipinski definition) is 0. The minimum atomic E-state index is 0.104. The Kier molecular flexibility index (Phi) is 7.23. The number of aromatic nitrogens is 1. The van der Waals surface area contributed by atoms with Gasteiger partial charge in [0.25, 0.3) is 0 Å². The van der Waals surface area contributed by atoms with E-state index in [9.17, 15) is 4.79 Å². The topological polar surface area (TPSA) is 54.9 Å². The normalized spacial score (nSPS) is 13.7. The van der Waals surface area contributed by atoms with Gasteiger partial charge in [-0.2, -0.15) is 0 Å². The maximum absolute atomic E-state index is 13.1. The number of benzene rings is 2. The summed E-state index contributed by atoms with van der Waals surface area (Å²) in [7, 11) is 1.63. The number of methoxy groups -OCH3 is 1. The van der Waals surface area contributed by atoms with Crippen molar-refractivity contribution in [2.24, 2.45) is 0 Å². The summed E-state index contributed by atoms with van der Waals surface area (Å²) in [5.41, 5.74) is 2.07. The number of carbonyl (C=O) groups is 1. The summed E-state index contributed by atoms with van der Waals surface area (Å²) in [5, 5.41) is 0. The molecule has 1 aliphatic rings. The van der Waals surface area contributed by atoms with Crippen molar-refractivity contribution in [2.45, 2.75) is 12.8 Å². The highest BCUT2D eigenvalue weighted by Gasteiger charge is 2.23. The minimum Gasteiger partial charge on any atom is -0.493 e. The lowest BCUT2D eigenvalue weighted by Gasteiger charge is -2.35. The van der Waals surface area contributed by atoms with Gasteiger partial charge in [-0.1, -0.05) is 48.5 Å². The average Bonchev–Trinajstić information content (AvgIpc) is 2.86. The number of para-hydroxylation sites is 1. The smallest absolute Gasteiger partial charge is 0.227 e. The van der Waals surface area contributed by atoms with Crippen molar-refractivity contribution in [3.05, 3.63) is 84.1 Å². The van der Waals surface area contributed by atoms with Crippen molar-refractivity contribution in [1.82, 2.24) is 9.88 Å². The molecule has 1 fully saturated rings. The Morgan fingerprint density at radius 1 is 0.938 bits per heavy atom. The van der Waals surface area contributed by atoms with Gasteiger partial charge < -0.3 is 19.3 Å². The van der Waals surface area contributed by atoms with Crippen LogP contribution in [0.4, 0.5) is 5.82 Å². The molecule has 0 unspecified atom stereocenters. The van der Waals surface area contributed by atoms with Gasteiger partial charge in [0.15, 0.2) is 11.5 Å². The van der Waals surface area contributed by atoms with Crippen LogP contribution >= 0.6 is 0 Å². The number of hydrogen-bond acceptors (Lipinski definition) is 5. The molecule has 0 bridgehead atoms. The molecule has 3 aromatic rings. The standard InChI is InChI=1S/C26H29N3O3/c1-31-23-11-7-10-22(26(23)32-19-13-21-8-3-2-4-9-21)20-25(30)29-17-15-28(16-18-29)24-12-5-6-14-27-24/h2-12,14H,13,15-20H2,1H3. The number of pyridine rings is 1. The molecule has 2 heterocycles. The van der Waals surface area contributed by atoms with E-state index in [0.717, 1.165) is 30.9 Å². The van der Waals surface area contributed by atoms with Crippen LogP contribution in [0.25, 0.3) is 0 Å². The zero-order valence-electron chi connectivity index (χ0n) is 18.4. The highest BCUT2D eigenvalue weighted by atomic mass is 16.5. The van der Waals surface area contributed by atoms with E-state index in [0.29, 0.717) is 37.6 Å². The van der Waals surface area contributed by atoms with Gasteiger partial charge in [-0.05, 0) is 23.8 Å². The predicted octanol–water partition coefficient (Wildman–Crippen LogP) is 3.60. The second kappa shape index (κ2) is 10.7. The Morgan fingerprint density at radius 3 is 2.44 bits per heavy atom. The zero-order valence-corrected chi connectivity index (χ0v) is 18.4. The van der Waals surface area contributed by atoms with Crippen molar-refractivity contribution in [3.63, 3.8) is 0 Å². The van der Waals surface area contributed by atoms with Crippen LogP contribution in [0.2, 0.25) is 0 Å². The molecule has 4 rings (SSSR count). The molecule has 32 heavy (non-hydrogen) atoms. The number of piperazine rings is 1. The number of amides is 1. The van der Waals surface area contributed by atoms with Crippen molar-refractivity contribution in [3.8, 4) is 11.5 Å². The van der Waals surface area contributed by atoms with Gasteiger partial charge in [-0.25, -0.2) is 4.98 Å². The summed E-state index contributed by atoms with van der Waals surface area (Å²) < 4.78 is 11.6. The third-order valence-electron chi connectivity index (χ3n) is 5.71. The zero-order chi connectivity index (χ0) is 22.2. The highest BCUT2D eigenvalue weighted by Crippen LogP contribution is 2.32. The molecular weight excluding hydrogens is 402 g/mol. The number of carbonyl (C=O) groups excluding carboxylic acids is 1. The van der Waals surface area contributed by atoms with Crippen molar-refractivity contribution in [2.75, 3.05) is 44.8 Å². The largest absolute Gasteiger partial charge is 0.493 e. The molecule has 1 amide bonds. The molecule has 166 valence electrons. The molecule has 0 aliphatic carbocycles. The Balaban J connectivity index is 1.37. The van der Waals surface area contributed by atoms with E-state index in [1.165, 1.54) is 5.56 Å². The van der Waals surface area contributed by atoms with Crippen LogP contribution in [0, 0.1) is 0 Å². The first-order chi connectivity index (χ1) is 15.7. The molecule has 6 heteroatoms. The van der Waals surface area contributed by atoms with Gasteiger partial charge in [0.1, 0.15) is 5.82 Å². The van der Waals surface area contributed by atoms with Crippen molar-refractivity contribution >= 4 is 11.7 Å². The molecular formula is C26H29N3O3. The summed E-state index contributed by atoms with van der Waals surface area (Å²) in [6, 6.07) is 21.9. The SMILES string of the molecule is COc1cccc(CC(=O)N2CCN(c3ccccn3)CC2)c1OCCc1ccccc1. The maximum atomic E-state index is 13.1. The van der Waals surface area contributed by atoms with Gasteiger partial charge in [0.2, 0.25) is 5.91 Å². The lowest BCUT2D eigenvalue weighted by atomic mass is 10.1. The molecule has 0 N–H and O–H groups in total. The lowest BCUT2D eigenvalue weighted by Crippen LogP contribution is -2.49. The Hall–Kier alpha value is -3.54. The van der Waals surface area contributed by atoms with Crippen LogP contribution in [0.1, 0.15) is 11.1 Å². The average molecular weight is 432 g/mol. The van der Waals surface area contributed by atoms with E-state index >= 15 is 0 Å². The fraction of sp³-hybridized carbons (Fsp3) is 0.308. The van der Waals surface area contributed by atoms with E-state index in [-0.39, 0.29) is 5.91 Å². The van der Waals surface area contributed by atoms with Gasteiger partial charge in [0, 0.05) is 44.4 Å². The Bertz CT molecular complexity index is 1000. The van der Waals surface area contributed by atoms with Gasteiger partial charge in [0.05, 0.1) is 20.1 Å². The predicted molar refractivity (Wildman–Crippen MR) is 125 cm³/mol. The molecule has 1 aromatic heterocycles. The van der Waals surface area contributed by atoms with Gasteiger partial charge >= 0.3 is 0 Å². The summed E-state index contributed by atoms with van der Waals surface area (Å²) >= 11 is 0. The van der Waals surface area contributed by atoms with E-state index in [4.69, 9.17) is 9.47 Å².